The van der Waals surface area contributed by atoms with E-state index in [2.05, 4.69) is 4.98 Å². The van der Waals surface area contributed by atoms with Gasteiger partial charge in [0.15, 0.2) is 0 Å². The maximum absolute atomic E-state index is 13.3. The zero-order valence-electron chi connectivity index (χ0n) is 18.2. The van der Waals surface area contributed by atoms with E-state index < -0.39 is 0 Å². The molecule has 2 amide bonds. The molecular formula is C24H28FN3O4. The van der Waals surface area contributed by atoms with Crippen LogP contribution in [0.15, 0.2) is 42.6 Å². The van der Waals surface area contributed by atoms with Crippen LogP contribution in [0.2, 0.25) is 0 Å². The summed E-state index contributed by atoms with van der Waals surface area (Å²) in [6.07, 6.45) is 2.21. The van der Waals surface area contributed by atoms with Gasteiger partial charge in [-0.05, 0) is 43.3 Å². The summed E-state index contributed by atoms with van der Waals surface area (Å²) in [5.41, 5.74) is 1.38. The summed E-state index contributed by atoms with van der Waals surface area (Å²) < 4.78 is 24.8. The second kappa shape index (κ2) is 10.1. The van der Waals surface area contributed by atoms with Gasteiger partial charge in [0.1, 0.15) is 17.7 Å². The molecule has 0 unspecified atom stereocenters. The van der Waals surface area contributed by atoms with Crippen molar-refractivity contribution in [2.45, 2.75) is 25.9 Å². The Kier molecular flexibility index (Phi) is 6.99. The van der Waals surface area contributed by atoms with Crippen LogP contribution in [0.4, 0.5) is 4.39 Å². The SMILES string of the molecule is Cc1ccc(C(=O)N2CC[C@H](Oc3ccc(F)cc3)[C@@H](CC(=O)N3CCOCC3)C2)cn1. The Labute approximate surface area is 187 Å². The summed E-state index contributed by atoms with van der Waals surface area (Å²) in [5, 5.41) is 0. The molecule has 2 aliphatic rings. The number of morpholine rings is 1. The van der Waals surface area contributed by atoms with Crippen molar-refractivity contribution >= 4 is 11.8 Å². The fourth-order valence-electron chi connectivity index (χ4n) is 4.18. The van der Waals surface area contributed by atoms with Gasteiger partial charge >= 0.3 is 0 Å². The van der Waals surface area contributed by atoms with Crippen LogP contribution in [-0.4, -0.2) is 72.1 Å². The van der Waals surface area contributed by atoms with Crippen LogP contribution in [0, 0.1) is 18.7 Å². The number of pyridine rings is 1. The molecule has 0 N–H and O–H groups in total. The second-order valence-electron chi connectivity index (χ2n) is 8.30. The third-order valence-electron chi connectivity index (χ3n) is 6.01. The normalized spacial score (nSPS) is 21.3. The molecule has 3 heterocycles. The molecule has 170 valence electrons. The smallest absolute Gasteiger partial charge is 0.255 e. The van der Waals surface area contributed by atoms with Gasteiger partial charge in [0.05, 0.1) is 18.8 Å². The molecule has 2 aliphatic heterocycles. The van der Waals surface area contributed by atoms with Crippen molar-refractivity contribution in [1.82, 2.24) is 14.8 Å². The van der Waals surface area contributed by atoms with Crippen LogP contribution in [0.1, 0.15) is 28.9 Å². The summed E-state index contributed by atoms with van der Waals surface area (Å²) >= 11 is 0. The molecule has 1 aromatic carbocycles. The van der Waals surface area contributed by atoms with Crippen molar-refractivity contribution in [3.8, 4) is 5.75 Å². The van der Waals surface area contributed by atoms with Gasteiger partial charge in [0.25, 0.3) is 5.91 Å². The molecule has 2 aromatic rings. The fraction of sp³-hybridized carbons (Fsp3) is 0.458. The van der Waals surface area contributed by atoms with Gasteiger partial charge < -0.3 is 19.3 Å². The van der Waals surface area contributed by atoms with E-state index in [9.17, 15) is 14.0 Å². The molecule has 32 heavy (non-hydrogen) atoms. The van der Waals surface area contributed by atoms with Crippen LogP contribution in [0.5, 0.6) is 5.75 Å². The Balaban J connectivity index is 1.48. The number of carbonyl (C=O) groups is 2. The third-order valence-corrected chi connectivity index (χ3v) is 6.01. The molecule has 0 radical (unpaired) electrons. The standard InChI is InChI=1S/C24H28FN3O4/c1-17-2-3-18(15-26-17)24(30)28-9-8-22(32-21-6-4-20(25)5-7-21)19(16-28)14-23(29)27-10-12-31-13-11-27/h2-7,15,19,22H,8-14,16H2,1H3/t19-,22-/m0/s1. The number of piperidine rings is 1. The van der Waals surface area contributed by atoms with Gasteiger partial charge in [-0.1, -0.05) is 0 Å². The van der Waals surface area contributed by atoms with E-state index >= 15 is 0 Å². The summed E-state index contributed by atoms with van der Waals surface area (Å²) in [6, 6.07) is 9.48. The minimum absolute atomic E-state index is 0.0392. The average Bonchev–Trinajstić information content (AvgIpc) is 2.82. The Morgan fingerprint density at radius 2 is 1.84 bits per heavy atom. The van der Waals surface area contributed by atoms with Crippen LogP contribution in [-0.2, 0) is 9.53 Å². The molecule has 2 atom stereocenters. The quantitative estimate of drug-likeness (QED) is 0.714. The minimum Gasteiger partial charge on any atom is -0.490 e. The molecule has 7 nitrogen and oxygen atoms in total. The molecule has 0 spiro atoms. The summed E-state index contributed by atoms with van der Waals surface area (Å²) in [4.78, 5) is 33.8. The molecular weight excluding hydrogens is 413 g/mol. The fourth-order valence-corrected chi connectivity index (χ4v) is 4.18. The molecule has 8 heteroatoms. The Morgan fingerprint density at radius 1 is 1.09 bits per heavy atom. The van der Waals surface area contributed by atoms with Gasteiger partial charge in [0.2, 0.25) is 5.91 Å². The predicted molar refractivity (Wildman–Crippen MR) is 116 cm³/mol. The molecule has 4 rings (SSSR count). The minimum atomic E-state index is -0.330. The molecule has 0 bridgehead atoms. The monoisotopic (exact) mass is 441 g/mol. The number of nitrogens with zero attached hydrogens (tertiary/aromatic N) is 3. The van der Waals surface area contributed by atoms with Gasteiger partial charge in [-0.25, -0.2) is 4.39 Å². The van der Waals surface area contributed by atoms with Crippen molar-refractivity contribution in [2.24, 2.45) is 5.92 Å². The van der Waals surface area contributed by atoms with Crippen molar-refractivity contribution in [3.05, 3.63) is 59.7 Å². The zero-order chi connectivity index (χ0) is 22.5. The average molecular weight is 442 g/mol. The number of halogens is 1. The number of aromatic nitrogens is 1. The number of amides is 2. The van der Waals surface area contributed by atoms with Crippen molar-refractivity contribution in [3.63, 3.8) is 0 Å². The summed E-state index contributed by atoms with van der Waals surface area (Å²) in [5.74, 6) is -0.00313. The molecule has 0 saturated carbocycles. The van der Waals surface area contributed by atoms with E-state index in [0.29, 0.717) is 57.1 Å². The first kappa shape index (κ1) is 22.2. The Morgan fingerprint density at radius 3 is 2.53 bits per heavy atom. The van der Waals surface area contributed by atoms with Crippen molar-refractivity contribution in [1.29, 1.82) is 0 Å². The van der Waals surface area contributed by atoms with E-state index in [0.717, 1.165) is 5.69 Å². The molecule has 2 fully saturated rings. The first-order valence-electron chi connectivity index (χ1n) is 11.0. The molecule has 2 saturated heterocycles. The van der Waals surface area contributed by atoms with Crippen LogP contribution >= 0.6 is 0 Å². The predicted octanol–water partition coefficient (Wildman–Crippen LogP) is 2.69. The lowest BCUT2D eigenvalue weighted by Crippen LogP contribution is -2.50. The molecule has 1 aromatic heterocycles. The van der Waals surface area contributed by atoms with E-state index in [1.165, 1.54) is 12.1 Å². The van der Waals surface area contributed by atoms with Crippen molar-refractivity contribution < 1.29 is 23.5 Å². The number of benzene rings is 1. The number of hydrogen-bond donors (Lipinski definition) is 0. The number of rotatable bonds is 5. The van der Waals surface area contributed by atoms with Crippen molar-refractivity contribution in [2.75, 3.05) is 39.4 Å². The largest absolute Gasteiger partial charge is 0.490 e. The highest BCUT2D eigenvalue weighted by atomic mass is 19.1. The van der Waals surface area contributed by atoms with Crippen LogP contribution in [0.3, 0.4) is 0 Å². The number of hydrogen-bond acceptors (Lipinski definition) is 5. The van der Waals surface area contributed by atoms with E-state index in [1.54, 1.807) is 29.3 Å². The first-order valence-corrected chi connectivity index (χ1v) is 11.0. The van der Waals surface area contributed by atoms with Gasteiger partial charge in [-0.2, -0.15) is 0 Å². The maximum Gasteiger partial charge on any atom is 0.255 e. The maximum atomic E-state index is 13.3. The third kappa shape index (κ3) is 5.43. The first-order chi connectivity index (χ1) is 15.5. The molecule has 0 aliphatic carbocycles. The lowest BCUT2D eigenvalue weighted by molar-refractivity contribution is -0.137. The van der Waals surface area contributed by atoms with Gasteiger partial charge in [-0.15, -0.1) is 0 Å². The van der Waals surface area contributed by atoms with E-state index in [-0.39, 0.29) is 36.1 Å². The van der Waals surface area contributed by atoms with Gasteiger partial charge in [-0.3, -0.25) is 14.6 Å². The van der Waals surface area contributed by atoms with Gasteiger partial charge in [0, 0.05) is 56.8 Å². The Bertz CT molecular complexity index is 929. The topological polar surface area (TPSA) is 72.0 Å². The number of ether oxygens (including phenoxy) is 2. The number of likely N-dealkylation sites (tertiary alicyclic amines) is 1. The summed E-state index contributed by atoms with van der Waals surface area (Å²) in [6.45, 7) is 5.03. The summed E-state index contributed by atoms with van der Waals surface area (Å²) in [7, 11) is 0. The van der Waals surface area contributed by atoms with Crippen LogP contribution in [0.25, 0.3) is 0 Å². The highest BCUT2D eigenvalue weighted by molar-refractivity contribution is 5.94. The highest BCUT2D eigenvalue weighted by Crippen LogP contribution is 2.27. The second-order valence-corrected chi connectivity index (χ2v) is 8.30. The zero-order valence-corrected chi connectivity index (χ0v) is 18.2. The highest BCUT2D eigenvalue weighted by Gasteiger charge is 2.36. The lowest BCUT2D eigenvalue weighted by atomic mass is 9.90. The van der Waals surface area contributed by atoms with E-state index in [4.69, 9.17) is 9.47 Å². The number of carbonyl (C=O) groups excluding carboxylic acids is 2. The lowest BCUT2D eigenvalue weighted by Gasteiger charge is -2.39. The van der Waals surface area contributed by atoms with Crippen LogP contribution < -0.4 is 4.74 Å². The Hall–Kier alpha value is -3.00. The number of aryl methyl sites for hydroxylation is 1. The van der Waals surface area contributed by atoms with E-state index in [1.807, 2.05) is 17.9 Å².